The van der Waals surface area contributed by atoms with Crippen molar-refractivity contribution in [1.29, 1.82) is 0 Å². The number of imidazole rings is 1. The van der Waals surface area contributed by atoms with Gasteiger partial charge in [0.05, 0.1) is 30.8 Å². The Kier molecular flexibility index (Phi) is 4.62. The Morgan fingerprint density at radius 1 is 1.40 bits per heavy atom. The third-order valence-electron chi connectivity index (χ3n) is 3.62. The molecule has 0 spiro atoms. The molecule has 2 rings (SSSR count). The van der Waals surface area contributed by atoms with Crippen LogP contribution in [-0.4, -0.2) is 47.4 Å². The summed E-state index contributed by atoms with van der Waals surface area (Å²) in [6.07, 6.45) is 0.971. The second-order valence-corrected chi connectivity index (χ2v) is 5.09. The van der Waals surface area contributed by atoms with E-state index in [0.717, 1.165) is 29.0 Å². The lowest BCUT2D eigenvalue weighted by atomic mass is 10.2. The molecule has 0 aliphatic heterocycles. The van der Waals surface area contributed by atoms with Crippen molar-refractivity contribution in [3.05, 3.63) is 24.0 Å². The highest BCUT2D eigenvalue weighted by molar-refractivity contribution is 5.78. The minimum absolute atomic E-state index is 0.106. The number of fused-ring (bicyclic) bond motifs is 1. The predicted molar refractivity (Wildman–Crippen MR) is 80.1 cm³/mol. The maximum atomic E-state index is 9.33. The molecule has 0 saturated heterocycles. The van der Waals surface area contributed by atoms with Crippen LogP contribution in [0.4, 0.5) is 0 Å². The molecule has 0 aliphatic rings. The highest BCUT2D eigenvalue weighted by atomic mass is 16.5. The van der Waals surface area contributed by atoms with Crippen molar-refractivity contribution in [3.8, 4) is 5.75 Å². The molecule has 0 amide bonds. The Labute approximate surface area is 119 Å². The molecule has 20 heavy (non-hydrogen) atoms. The maximum absolute atomic E-state index is 9.33. The highest BCUT2D eigenvalue weighted by Crippen LogP contribution is 2.27. The van der Waals surface area contributed by atoms with Crippen molar-refractivity contribution in [2.75, 3.05) is 27.8 Å². The number of aromatic nitrogens is 2. The van der Waals surface area contributed by atoms with Crippen LogP contribution < -0.4 is 4.74 Å². The van der Waals surface area contributed by atoms with Gasteiger partial charge >= 0.3 is 0 Å². The lowest BCUT2D eigenvalue weighted by Gasteiger charge is -2.23. The molecule has 110 valence electrons. The zero-order chi connectivity index (χ0) is 14.7. The van der Waals surface area contributed by atoms with E-state index in [2.05, 4.69) is 30.5 Å². The summed E-state index contributed by atoms with van der Waals surface area (Å²) in [5.41, 5.74) is 1.95. The van der Waals surface area contributed by atoms with E-state index in [1.807, 2.05) is 18.2 Å². The monoisotopic (exact) mass is 277 g/mol. The first-order chi connectivity index (χ1) is 9.62. The van der Waals surface area contributed by atoms with Gasteiger partial charge in [-0.05, 0) is 32.6 Å². The van der Waals surface area contributed by atoms with Gasteiger partial charge in [-0.3, -0.25) is 4.90 Å². The first-order valence-corrected chi connectivity index (χ1v) is 6.93. The molecule has 5 nitrogen and oxygen atoms in total. The number of benzene rings is 1. The van der Waals surface area contributed by atoms with E-state index in [-0.39, 0.29) is 12.6 Å². The summed E-state index contributed by atoms with van der Waals surface area (Å²) in [4.78, 5) is 6.92. The van der Waals surface area contributed by atoms with Crippen LogP contribution >= 0.6 is 0 Å². The zero-order valence-electron chi connectivity index (χ0n) is 12.6. The lowest BCUT2D eigenvalue weighted by molar-refractivity contribution is 0.251. The molecule has 0 bridgehead atoms. The molecular weight excluding hydrogens is 254 g/mol. The minimum Gasteiger partial charge on any atom is -0.497 e. The molecule has 0 saturated carbocycles. The van der Waals surface area contributed by atoms with E-state index in [0.29, 0.717) is 6.54 Å². The van der Waals surface area contributed by atoms with Gasteiger partial charge in [-0.2, -0.15) is 0 Å². The molecule has 2 aromatic rings. The van der Waals surface area contributed by atoms with Crippen molar-refractivity contribution >= 4 is 11.0 Å². The van der Waals surface area contributed by atoms with E-state index >= 15 is 0 Å². The van der Waals surface area contributed by atoms with E-state index in [1.165, 1.54) is 0 Å². The van der Waals surface area contributed by atoms with Gasteiger partial charge in [0.25, 0.3) is 0 Å². The average Bonchev–Trinajstić information content (AvgIpc) is 2.77. The van der Waals surface area contributed by atoms with E-state index in [4.69, 9.17) is 9.72 Å². The molecule has 5 heteroatoms. The summed E-state index contributed by atoms with van der Waals surface area (Å²) in [6.45, 7) is 2.81. The summed E-state index contributed by atoms with van der Waals surface area (Å²) in [5.74, 6) is 1.80. The van der Waals surface area contributed by atoms with E-state index in [1.54, 1.807) is 7.11 Å². The van der Waals surface area contributed by atoms with Gasteiger partial charge in [0.1, 0.15) is 11.6 Å². The summed E-state index contributed by atoms with van der Waals surface area (Å²) < 4.78 is 7.36. The molecule has 1 aromatic carbocycles. The molecule has 1 heterocycles. The fraction of sp³-hybridized carbons (Fsp3) is 0.533. The Morgan fingerprint density at radius 2 is 2.15 bits per heavy atom. The number of rotatable bonds is 6. The second kappa shape index (κ2) is 6.24. The molecule has 1 N–H and O–H groups in total. The van der Waals surface area contributed by atoms with Crippen molar-refractivity contribution in [1.82, 2.24) is 14.5 Å². The van der Waals surface area contributed by atoms with Crippen LogP contribution in [0.5, 0.6) is 5.75 Å². The molecule has 1 aromatic heterocycles. The van der Waals surface area contributed by atoms with Crippen LogP contribution in [0.2, 0.25) is 0 Å². The summed E-state index contributed by atoms with van der Waals surface area (Å²) in [6, 6.07) is 6.11. The number of ether oxygens (including phenoxy) is 1. The number of aliphatic hydroxyl groups is 1. The number of methoxy groups -OCH3 is 1. The summed E-state index contributed by atoms with van der Waals surface area (Å²) in [5, 5.41) is 9.33. The number of nitrogens with zero attached hydrogens (tertiary/aromatic N) is 3. The zero-order valence-corrected chi connectivity index (χ0v) is 12.6. The molecule has 0 radical (unpaired) electrons. The van der Waals surface area contributed by atoms with Crippen LogP contribution in [0, 0.1) is 0 Å². The van der Waals surface area contributed by atoms with Crippen LogP contribution in [0.25, 0.3) is 11.0 Å². The Bertz CT molecular complexity index is 578. The first-order valence-electron chi connectivity index (χ1n) is 6.93. The van der Waals surface area contributed by atoms with E-state index < -0.39 is 0 Å². The normalized spacial score (nSPS) is 13.1. The van der Waals surface area contributed by atoms with Gasteiger partial charge in [-0.15, -0.1) is 0 Å². The number of hydrogen-bond acceptors (Lipinski definition) is 4. The standard InChI is InChI=1S/C15H23N3O2/c1-5-13(17(2)3)15-16-12-10-11(20-4)6-7-14(12)18(15)8-9-19/h6-7,10,13,19H,5,8-9H2,1-4H3. The topological polar surface area (TPSA) is 50.5 Å². The van der Waals surface area contributed by atoms with Gasteiger partial charge < -0.3 is 14.4 Å². The summed E-state index contributed by atoms with van der Waals surface area (Å²) in [7, 11) is 5.76. The molecule has 0 fully saturated rings. The second-order valence-electron chi connectivity index (χ2n) is 5.09. The van der Waals surface area contributed by atoms with Crippen LogP contribution in [-0.2, 0) is 6.54 Å². The van der Waals surface area contributed by atoms with Gasteiger partial charge in [-0.25, -0.2) is 4.98 Å². The first kappa shape index (κ1) is 14.8. The van der Waals surface area contributed by atoms with Crippen molar-refractivity contribution in [3.63, 3.8) is 0 Å². The third kappa shape index (κ3) is 2.64. The molecule has 0 aliphatic carbocycles. The van der Waals surface area contributed by atoms with Crippen LogP contribution in [0.3, 0.4) is 0 Å². The Balaban J connectivity index is 2.59. The van der Waals surface area contributed by atoms with Crippen LogP contribution in [0.1, 0.15) is 25.2 Å². The van der Waals surface area contributed by atoms with E-state index in [9.17, 15) is 5.11 Å². The predicted octanol–water partition coefficient (Wildman–Crippen LogP) is 2.05. The van der Waals surface area contributed by atoms with Crippen molar-refractivity contribution < 1.29 is 9.84 Å². The van der Waals surface area contributed by atoms with Crippen molar-refractivity contribution in [2.45, 2.75) is 25.9 Å². The van der Waals surface area contributed by atoms with Crippen molar-refractivity contribution in [2.24, 2.45) is 0 Å². The van der Waals surface area contributed by atoms with Crippen LogP contribution in [0.15, 0.2) is 18.2 Å². The maximum Gasteiger partial charge on any atom is 0.127 e. The van der Waals surface area contributed by atoms with Gasteiger partial charge in [0.15, 0.2) is 0 Å². The average molecular weight is 277 g/mol. The minimum atomic E-state index is 0.106. The number of hydrogen-bond donors (Lipinski definition) is 1. The van der Waals surface area contributed by atoms with Gasteiger partial charge in [-0.1, -0.05) is 6.92 Å². The van der Waals surface area contributed by atoms with Gasteiger partial charge in [0, 0.05) is 12.6 Å². The fourth-order valence-electron chi connectivity index (χ4n) is 2.62. The smallest absolute Gasteiger partial charge is 0.127 e. The fourth-order valence-corrected chi connectivity index (χ4v) is 2.62. The molecule has 1 atom stereocenters. The molecular formula is C15H23N3O2. The van der Waals surface area contributed by atoms with Gasteiger partial charge in [0.2, 0.25) is 0 Å². The third-order valence-corrected chi connectivity index (χ3v) is 3.62. The lowest BCUT2D eigenvalue weighted by Crippen LogP contribution is -2.23. The molecule has 1 unspecified atom stereocenters. The summed E-state index contributed by atoms with van der Waals surface area (Å²) >= 11 is 0. The highest BCUT2D eigenvalue weighted by Gasteiger charge is 2.20. The Hall–Kier alpha value is -1.59. The largest absolute Gasteiger partial charge is 0.497 e. The number of aliphatic hydroxyl groups excluding tert-OH is 1. The quantitative estimate of drug-likeness (QED) is 0.878. The Morgan fingerprint density at radius 3 is 2.70 bits per heavy atom. The SMILES string of the molecule is CCC(c1nc2cc(OC)ccc2n1CCO)N(C)C.